The molecule has 0 unspecified atom stereocenters. The van der Waals surface area contributed by atoms with E-state index in [2.05, 4.69) is 17.1 Å². The van der Waals surface area contributed by atoms with E-state index >= 15 is 0 Å². The van der Waals surface area contributed by atoms with Gasteiger partial charge in [-0.15, -0.1) is 0 Å². The lowest BCUT2D eigenvalue weighted by Crippen LogP contribution is -2.20. The Hall–Kier alpha value is -2.36. The summed E-state index contributed by atoms with van der Waals surface area (Å²) in [6.07, 6.45) is 0. The third-order valence-corrected chi connectivity index (χ3v) is 2.66. The van der Waals surface area contributed by atoms with Gasteiger partial charge in [0.25, 0.3) is 0 Å². The number of nitrogens with one attached hydrogen (secondary N) is 1. The first-order chi connectivity index (χ1) is 8.66. The lowest BCUT2D eigenvalue weighted by Gasteiger charge is -2.18. The van der Waals surface area contributed by atoms with E-state index in [1.165, 1.54) is 5.56 Å². The normalized spacial score (nSPS) is 10.1. The van der Waals surface area contributed by atoms with Gasteiger partial charge in [-0.3, -0.25) is 5.41 Å². The topological polar surface area (TPSA) is 66.0 Å². The van der Waals surface area contributed by atoms with E-state index in [1.807, 2.05) is 42.3 Å². The SMILES string of the molecule is CN(Cc1ccccc1)c1cccc(C(=N)N)n1. The van der Waals surface area contributed by atoms with E-state index < -0.39 is 0 Å². The molecule has 0 aliphatic heterocycles. The number of amidine groups is 1. The maximum Gasteiger partial charge on any atom is 0.141 e. The molecule has 0 saturated heterocycles. The average molecular weight is 240 g/mol. The molecule has 0 saturated carbocycles. The Labute approximate surface area is 107 Å². The zero-order valence-electron chi connectivity index (χ0n) is 10.3. The highest BCUT2D eigenvalue weighted by atomic mass is 15.2. The Balaban J connectivity index is 2.16. The van der Waals surface area contributed by atoms with Gasteiger partial charge >= 0.3 is 0 Å². The maximum absolute atomic E-state index is 7.39. The van der Waals surface area contributed by atoms with Gasteiger partial charge in [-0.2, -0.15) is 0 Å². The number of aromatic nitrogens is 1. The lowest BCUT2D eigenvalue weighted by atomic mass is 10.2. The van der Waals surface area contributed by atoms with Crippen molar-refractivity contribution in [2.75, 3.05) is 11.9 Å². The number of nitrogens with zero attached hydrogens (tertiary/aromatic N) is 2. The lowest BCUT2D eigenvalue weighted by molar-refractivity contribution is 0.896. The van der Waals surface area contributed by atoms with Crippen LogP contribution in [0.3, 0.4) is 0 Å². The summed E-state index contributed by atoms with van der Waals surface area (Å²) in [5, 5.41) is 7.39. The average Bonchev–Trinajstić information content (AvgIpc) is 2.40. The second-order valence-electron chi connectivity index (χ2n) is 4.14. The Morgan fingerprint density at radius 2 is 1.89 bits per heavy atom. The number of nitrogen functional groups attached to an aromatic ring is 1. The number of pyridine rings is 1. The van der Waals surface area contributed by atoms with Crippen LogP contribution in [0.15, 0.2) is 48.5 Å². The Morgan fingerprint density at radius 1 is 1.17 bits per heavy atom. The largest absolute Gasteiger partial charge is 0.382 e. The van der Waals surface area contributed by atoms with E-state index in [-0.39, 0.29) is 5.84 Å². The molecule has 2 aromatic rings. The minimum absolute atomic E-state index is 0.00930. The molecular weight excluding hydrogens is 224 g/mol. The number of rotatable bonds is 4. The minimum atomic E-state index is -0.00930. The predicted molar refractivity (Wildman–Crippen MR) is 73.8 cm³/mol. The van der Waals surface area contributed by atoms with Crippen molar-refractivity contribution in [1.29, 1.82) is 5.41 Å². The van der Waals surface area contributed by atoms with Crippen molar-refractivity contribution < 1.29 is 0 Å². The number of anilines is 1. The number of benzene rings is 1. The fraction of sp³-hybridized carbons (Fsp3) is 0.143. The van der Waals surface area contributed by atoms with Crippen molar-refractivity contribution in [3.63, 3.8) is 0 Å². The van der Waals surface area contributed by atoms with Crippen molar-refractivity contribution in [2.45, 2.75) is 6.54 Å². The molecule has 0 aliphatic carbocycles. The molecule has 0 bridgehead atoms. The van der Waals surface area contributed by atoms with Crippen LogP contribution < -0.4 is 10.6 Å². The standard InChI is InChI=1S/C14H16N4/c1-18(10-11-6-3-2-4-7-11)13-9-5-8-12(17-13)14(15)16/h2-9H,10H2,1H3,(H3,15,16). The Bertz CT molecular complexity index is 537. The zero-order chi connectivity index (χ0) is 13.0. The molecule has 92 valence electrons. The zero-order valence-corrected chi connectivity index (χ0v) is 10.3. The smallest absolute Gasteiger partial charge is 0.141 e. The molecule has 0 fully saturated rings. The molecule has 1 heterocycles. The van der Waals surface area contributed by atoms with Crippen LogP contribution in [0, 0.1) is 5.41 Å². The summed E-state index contributed by atoms with van der Waals surface area (Å²) in [7, 11) is 1.97. The van der Waals surface area contributed by atoms with E-state index in [1.54, 1.807) is 6.07 Å². The van der Waals surface area contributed by atoms with E-state index in [4.69, 9.17) is 11.1 Å². The molecular formula is C14H16N4. The summed E-state index contributed by atoms with van der Waals surface area (Å²) in [6.45, 7) is 0.773. The van der Waals surface area contributed by atoms with Crippen LogP contribution in [-0.2, 0) is 6.54 Å². The van der Waals surface area contributed by atoms with Crippen LogP contribution in [0.4, 0.5) is 5.82 Å². The minimum Gasteiger partial charge on any atom is -0.382 e. The molecule has 0 aliphatic rings. The molecule has 0 spiro atoms. The highest BCUT2D eigenvalue weighted by Gasteiger charge is 2.05. The Morgan fingerprint density at radius 3 is 2.56 bits per heavy atom. The molecule has 18 heavy (non-hydrogen) atoms. The number of nitrogens with two attached hydrogens (primary N) is 1. The summed E-state index contributed by atoms with van der Waals surface area (Å²) in [5.41, 5.74) is 7.16. The highest BCUT2D eigenvalue weighted by Crippen LogP contribution is 2.13. The number of hydrogen-bond donors (Lipinski definition) is 2. The van der Waals surface area contributed by atoms with Gasteiger partial charge in [0.15, 0.2) is 0 Å². The van der Waals surface area contributed by atoms with Crippen molar-refractivity contribution >= 4 is 11.7 Å². The molecule has 0 radical (unpaired) electrons. The molecule has 1 aromatic heterocycles. The van der Waals surface area contributed by atoms with Gasteiger partial charge in [0.1, 0.15) is 17.3 Å². The van der Waals surface area contributed by atoms with Gasteiger partial charge in [0.05, 0.1) is 0 Å². The molecule has 4 heteroatoms. The second kappa shape index (κ2) is 5.31. The van der Waals surface area contributed by atoms with Crippen molar-refractivity contribution in [2.24, 2.45) is 5.73 Å². The van der Waals surface area contributed by atoms with Crippen LogP contribution in [0.1, 0.15) is 11.3 Å². The number of hydrogen-bond acceptors (Lipinski definition) is 3. The molecule has 3 N–H and O–H groups in total. The second-order valence-corrected chi connectivity index (χ2v) is 4.14. The summed E-state index contributed by atoms with van der Waals surface area (Å²) >= 11 is 0. The summed E-state index contributed by atoms with van der Waals surface area (Å²) in [5.74, 6) is 0.802. The monoisotopic (exact) mass is 240 g/mol. The van der Waals surface area contributed by atoms with Gasteiger partial charge in [-0.05, 0) is 17.7 Å². The van der Waals surface area contributed by atoms with Crippen LogP contribution in [0.2, 0.25) is 0 Å². The van der Waals surface area contributed by atoms with E-state index in [0.29, 0.717) is 5.69 Å². The summed E-state index contributed by atoms with van der Waals surface area (Å²) in [4.78, 5) is 6.37. The third kappa shape index (κ3) is 2.85. The fourth-order valence-electron chi connectivity index (χ4n) is 1.72. The fourth-order valence-corrected chi connectivity index (χ4v) is 1.72. The van der Waals surface area contributed by atoms with E-state index in [0.717, 1.165) is 12.4 Å². The predicted octanol–water partition coefficient (Wildman–Crippen LogP) is 2.00. The molecule has 2 rings (SSSR count). The molecule has 1 aromatic carbocycles. The molecule has 0 atom stereocenters. The van der Waals surface area contributed by atoms with Gasteiger partial charge in [0, 0.05) is 13.6 Å². The van der Waals surface area contributed by atoms with Crippen LogP contribution in [-0.4, -0.2) is 17.9 Å². The van der Waals surface area contributed by atoms with Crippen molar-refractivity contribution in [1.82, 2.24) is 4.98 Å². The molecule has 4 nitrogen and oxygen atoms in total. The van der Waals surface area contributed by atoms with Gasteiger partial charge in [-0.1, -0.05) is 36.4 Å². The summed E-state index contributed by atoms with van der Waals surface area (Å²) in [6, 6.07) is 15.7. The van der Waals surface area contributed by atoms with Gasteiger partial charge in [0.2, 0.25) is 0 Å². The van der Waals surface area contributed by atoms with Crippen molar-refractivity contribution in [3.8, 4) is 0 Å². The first-order valence-corrected chi connectivity index (χ1v) is 5.73. The summed E-state index contributed by atoms with van der Waals surface area (Å²) < 4.78 is 0. The van der Waals surface area contributed by atoms with Crippen LogP contribution >= 0.6 is 0 Å². The Kier molecular flexibility index (Phi) is 3.57. The van der Waals surface area contributed by atoms with Crippen molar-refractivity contribution in [3.05, 3.63) is 59.8 Å². The highest BCUT2D eigenvalue weighted by molar-refractivity contribution is 5.93. The first-order valence-electron chi connectivity index (χ1n) is 5.73. The van der Waals surface area contributed by atoms with E-state index in [9.17, 15) is 0 Å². The third-order valence-electron chi connectivity index (χ3n) is 2.66. The van der Waals surface area contributed by atoms with Crippen LogP contribution in [0.25, 0.3) is 0 Å². The first kappa shape index (κ1) is 12.1. The van der Waals surface area contributed by atoms with Gasteiger partial charge in [-0.25, -0.2) is 4.98 Å². The van der Waals surface area contributed by atoms with Gasteiger partial charge < -0.3 is 10.6 Å². The molecule has 0 amide bonds. The maximum atomic E-state index is 7.39. The van der Waals surface area contributed by atoms with Crippen LogP contribution in [0.5, 0.6) is 0 Å². The quantitative estimate of drug-likeness (QED) is 0.634.